The van der Waals surface area contributed by atoms with Crippen LogP contribution in [0.3, 0.4) is 0 Å². The number of rotatable bonds is 6. The minimum Gasteiger partial charge on any atom is -0.494 e. The number of hydroxylamine groups is 1. The van der Waals surface area contributed by atoms with Crippen molar-refractivity contribution >= 4 is 5.91 Å². The molecule has 6 heteroatoms. The summed E-state index contributed by atoms with van der Waals surface area (Å²) in [5.74, 6) is -0.650. The van der Waals surface area contributed by atoms with Gasteiger partial charge in [-0.1, -0.05) is 12.1 Å². The largest absolute Gasteiger partial charge is 0.494 e. The van der Waals surface area contributed by atoms with E-state index in [2.05, 4.69) is 0 Å². The van der Waals surface area contributed by atoms with Gasteiger partial charge in [0.25, 0.3) is 0 Å². The molecule has 0 saturated heterocycles. The van der Waals surface area contributed by atoms with Gasteiger partial charge in [0.1, 0.15) is 5.82 Å². The molecule has 0 atom stereocenters. The monoisotopic (exact) mass is 292 g/mol. The van der Waals surface area contributed by atoms with Crippen LogP contribution < -0.4 is 5.48 Å². The van der Waals surface area contributed by atoms with Crippen molar-refractivity contribution < 1.29 is 19.5 Å². The molecule has 0 fully saturated rings. The van der Waals surface area contributed by atoms with Crippen molar-refractivity contribution in [2.24, 2.45) is 0 Å². The molecule has 0 aliphatic rings. The van der Waals surface area contributed by atoms with Crippen LogP contribution in [0.15, 0.2) is 36.5 Å². The molecule has 1 aromatic carbocycles. The van der Waals surface area contributed by atoms with Gasteiger partial charge in [0.2, 0.25) is 5.91 Å². The summed E-state index contributed by atoms with van der Waals surface area (Å²) in [6, 6.07) is 7.98. The smallest absolute Gasteiger partial charge is 0.243 e. The molecule has 1 amide bonds. The molecule has 0 aliphatic carbocycles. The van der Waals surface area contributed by atoms with Gasteiger partial charge in [0.15, 0.2) is 5.88 Å². The van der Waals surface area contributed by atoms with Gasteiger partial charge in [-0.2, -0.15) is 0 Å². The predicted octanol–water partition coefficient (Wildman–Crippen LogP) is 2.01. The fourth-order valence-electron chi connectivity index (χ4n) is 2.09. The summed E-state index contributed by atoms with van der Waals surface area (Å²) < 4.78 is 14.5. The maximum Gasteiger partial charge on any atom is 0.243 e. The van der Waals surface area contributed by atoms with Crippen LogP contribution in [0.25, 0.3) is 0 Å². The summed E-state index contributed by atoms with van der Waals surface area (Å²) in [7, 11) is 0. The first kappa shape index (κ1) is 15.1. The topological polar surface area (TPSA) is 74.5 Å². The number of carbonyl (C=O) groups is 1. The number of hydrogen-bond donors (Lipinski definition) is 3. The van der Waals surface area contributed by atoms with E-state index in [1.54, 1.807) is 34.4 Å². The summed E-state index contributed by atoms with van der Waals surface area (Å²) in [6.07, 6.45) is 2.86. The zero-order valence-electron chi connectivity index (χ0n) is 11.4. The van der Waals surface area contributed by atoms with Crippen molar-refractivity contribution in [1.82, 2.24) is 10.0 Å². The van der Waals surface area contributed by atoms with E-state index >= 15 is 0 Å². The van der Waals surface area contributed by atoms with Crippen LogP contribution >= 0.6 is 0 Å². The van der Waals surface area contributed by atoms with Gasteiger partial charge in [-0.15, -0.1) is 0 Å². The van der Waals surface area contributed by atoms with E-state index in [4.69, 9.17) is 5.21 Å². The quantitative estimate of drug-likeness (QED) is 0.563. The van der Waals surface area contributed by atoms with Crippen LogP contribution in [0.4, 0.5) is 4.39 Å². The molecule has 0 unspecified atom stereocenters. The second-order valence-electron chi connectivity index (χ2n) is 4.77. The first-order chi connectivity index (χ1) is 10.1. The molecule has 2 rings (SSSR count). The van der Waals surface area contributed by atoms with E-state index in [1.165, 1.54) is 12.1 Å². The number of amides is 1. The van der Waals surface area contributed by atoms with Gasteiger partial charge in [-0.25, -0.2) is 9.87 Å². The zero-order valence-corrected chi connectivity index (χ0v) is 11.4. The molecule has 1 aromatic heterocycles. The first-order valence-electron chi connectivity index (χ1n) is 6.64. The SMILES string of the molecule is O=C(CCc1ccn(CCc2ccc(F)cc2)c1O)NO. The lowest BCUT2D eigenvalue weighted by atomic mass is 10.1. The van der Waals surface area contributed by atoms with E-state index in [0.29, 0.717) is 24.9 Å². The third-order valence-corrected chi connectivity index (χ3v) is 3.32. The molecule has 2 aromatic rings. The molecule has 112 valence electrons. The Balaban J connectivity index is 1.93. The number of aromatic hydroxyl groups is 1. The van der Waals surface area contributed by atoms with Crippen molar-refractivity contribution in [3.05, 3.63) is 53.5 Å². The lowest BCUT2D eigenvalue weighted by Gasteiger charge is -2.06. The van der Waals surface area contributed by atoms with Gasteiger partial charge in [0, 0.05) is 24.7 Å². The Labute approximate surface area is 121 Å². The number of halogens is 1. The Hall–Kier alpha value is -2.34. The van der Waals surface area contributed by atoms with E-state index in [1.807, 2.05) is 0 Å². The van der Waals surface area contributed by atoms with Crippen LogP contribution in [0.2, 0.25) is 0 Å². The fraction of sp³-hybridized carbons (Fsp3) is 0.267. The molecule has 0 spiro atoms. The summed E-state index contributed by atoms with van der Waals surface area (Å²) in [5.41, 5.74) is 3.18. The van der Waals surface area contributed by atoms with Gasteiger partial charge in [0.05, 0.1) is 0 Å². The molecule has 0 aliphatic heterocycles. The Morgan fingerprint density at radius 3 is 2.57 bits per heavy atom. The van der Waals surface area contributed by atoms with E-state index in [0.717, 1.165) is 5.56 Å². The second-order valence-corrected chi connectivity index (χ2v) is 4.77. The second kappa shape index (κ2) is 6.90. The summed E-state index contributed by atoms with van der Waals surface area (Å²) in [4.78, 5) is 11.0. The van der Waals surface area contributed by atoms with Gasteiger partial charge < -0.3 is 9.67 Å². The van der Waals surface area contributed by atoms with Crippen LogP contribution in [0, 0.1) is 5.82 Å². The Morgan fingerprint density at radius 1 is 1.19 bits per heavy atom. The lowest BCUT2D eigenvalue weighted by molar-refractivity contribution is -0.129. The molecular weight excluding hydrogens is 275 g/mol. The van der Waals surface area contributed by atoms with Gasteiger partial charge >= 0.3 is 0 Å². The molecule has 3 N–H and O–H groups in total. The van der Waals surface area contributed by atoms with E-state index < -0.39 is 5.91 Å². The number of aryl methyl sites for hydroxylation is 3. The van der Waals surface area contributed by atoms with Crippen LogP contribution in [0.1, 0.15) is 17.5 Å². The zero-order chi connectivity index (χ0) is 15.2. The van der Waals surface area contributed by atoms with Crippen molar-refractivity contribution in [1.29, 1.82) is 0 Å². The first-order valence-corrected chi connectivity index (χ1v) is 6.64. The van der Waals surface area contributed by atoms with Crippen LogP contribution in [-0.2, 0) is 24.2 Å². The minimum atomic E-state index is -0.492. The van der Waals surface area contributed by atoms with Gasteiger partial charge in [-0.05, 0) is 36.6 Å². The minimum absolute atomic E-state index is 0.103. The molecule has 0 bridgehead atoms. The molecule has 5 nitrogen and oxygen atoms in total. The molecule has 0 saturated carbocycles. The summed E-state index contributed by atoms with van der Waals surface area (Å²) in [6.45, 7) is 0.559. The number of aromatic nitrogens is 1. The highest BCUT2D eigenvalue weighted by Crippen LogP contribution is 2.20. The Bertz CT molecular complexity index is 608. The fourth-order valence-corrected chi connectivity index (χ4v) is 2.09. The highest BCUT2D eigenvalue weighted by atomic mass is 19.1. The van der Waals surface area contributed by atoms with Crippen LogP contribution in [-0.4, -0.2) is 20.8 Å². The van der Waals surface area contributed by atoms with Crippen molar-refractivity contribution in [2.75, 3.05) is 0 Å². The third-order valence-electron chi connectivity index (χ3n) is 3.32. The summed E-state index contributed by atoms with van der Waals surface area (Å²) >= 11 is 0. The van der Waals surface area contributed by atoms with Crippen LogP contribution in [0.5, 0.6) is 5.88 Å². The standard InChI is InChI=1S/C15H17FN2O3/c16-13-4-1-11(2-5-13)7-9-18-10-8-12(15(18)20)3-6-14(19)17-21/h1-2,4-5,8,10,20-21H,3,6-7,9H2,(H,17,19). The molecule has 1 heterocycles. The number of hydrogen-bond acceptors (Lipinski definition) is 3. The Kier molecular flexibility index (Phi) is 4.94. The number of carbonyl (C=O) groups excluding carboxylic acids is 1. The average Bonchev–Trinajstić information content (AvgIpc) is 2.85. The number of nitrogens with one attached hydrogen (secondary N) is 1. The number of benzene rings is 1. The van der Waals surface area contributed by atoms with Crippen molar-refractivity contribution in [2.45, 2.75) is 25.8 Å². The maximum absolute atomic E-state index is 12.8. The molecule has 0 radical (unpaired) electrons. The van der Waals surface area contributed by atoms with E-state index in [-0.39, 0.29) is 18.1 Å². The molecule has 21 heavy (non-hydrogen) atoms. The molecular formula is C15H17FN2O3. The highest BCUT2D eigenvalue weighted by Gasteiger charge is 2.09. The number of nitrogens with zero attached hydrogens (tertiary/aromatic N) is 1. The van der Waals surface area contributed by atoms with Crippen molar-refractivity contribution in [3.63, 3.8) is 0 Å². The highest BCUT2D eigenvalue weighted by molar-refractivity contribution is 5.74. The van der Waals surface area contributed by atoms with Gasteiger partial charge in [-0.3, -0.25) is 10.0 Å². The third kappa shape index (κ3) is 4.06. The maximum atomic E-state index is 12.8. The average molecular weight is 292 g/mol. The van der Waals surface area contributed by atoms with Crippen molar-refractivity contribution in [3.8, 4) is 5.88 Å². The predicted molar refractivity (Wildman–Crippen MR) is 74.5 cm³/mol. The normalized spacial score (nSPS) is 10.6. The lowest BCUT2D eigenvalue weighted by Crippen LogP contribution is -2.18. The Morgan fingerprint density at radius 2 is 1.90 bits per heavy atom. The van der Waals surface area contributed by atoms with E-state index in [9.17, 15) is 14.3 Å². The summed E-state index contributed by atoms with van der Waals surface area (Å²) in [5, 5.41) is 18.5.